The molecule has 0 saturated heterocycles. The van der Waals surface area contributed by atoms with Crippen LogP contribution in [0.3, 0.4) is 0 Å². The first-order chi connectivity index (χ1) is 15.4. The highest BCUT2D eigenvalue weighted by Crippen LogP contribution is 2.71. The van der Waals surface area contributed by atoms with Gasteiger partial charge in [-0.1, -0.05) is 13.8 Å². The molecule has 1 aromatic carbocycles. The van der Waals surface area contributed by atoms with E-state index < -0.39 is 0 Å². The summed E-state index contributed by atoms with van der Waals surface area (Å²) >= 11 is 1.64. The zero-order valence-electron chi connectivity index (χ0n) is 18.9. The van der Waals surface area contributed by atoms with E-state index in [-0.39, 0.29) is 5.91 Å². The molecule has 32 heavy (non-hydrogen) atoms. The molecule has 2 aliphatic carbocycles. The van der Waals surface area contributed by atoms with Crippen molar-refractivity contribution in [1.29, 1.82) is 0 Å². The van der Waals surface area contributed by atoms with Crippen molar-refractivity contribution in [2.45, 2.75) is 46.3 Å². The van der Waals surface area contributed by atoms with Gasteiger partial charge < -0.3 is 14.8 Å². The highest BCUT2D eigenvalue weighted by molar-refractivity contribution is 7.14. The van der Waals surface area contributed by atoms with Crippen LogP contribution in [-0.4, -0.2) is 18.0 Å². The van der Waals surface area contributed by atoms with E-state index in [1.54, 1.807) is 30.8 Å². The Labute approximate surface area is 192 Å². The predicted molar refractivity (Wildman–Crippen MR) is 126 cm³/mol. The van der Waals surface area contributed by atoms with Crippen LogP contribution in [0.5, 0.6) is 11.5 Å². The molecule has 0 aliphatic heterocycles. The van der Waals surface area contributed by atoms with Gasteiger partial charge >= 0.3 is 0 Å². The number of thiophene rings is 1. The molecule has 6 heteroatoms. The van der Waals surface area contributed by atoms with Crippen LogP contribution >= 0.6 is 11.3 Å². The molecule has 1 amide bonds. The van der Waals surface area contributed by atoms with Crippen molar-refractivity contribution in [3.05, 3.63) is 74.7 Å². The molecule has 2 aliphatic rings. The first-order valence-electron chi connectivity index (χ1n) is 11.0. The van der Waals surface area contributed by atoms with Crippen molar-refractivity contribution in [1.82, 2.24) is 10.3 Å². The molecule has 1 N–H and O–H groups in total. The number of amides is 1. The highest BCUT2D eigenvalue weighted by Gasteiger charge is 2.63. The van der Waals surface area contributed by atoms with Crippen molar-refractivity contribution in [2.75, 3.05) is 7.11 Å². The van der Waals surface area contributed by atoms with Crippen LogP contribution in [0.25, 0.3) is 0 Å². The molecule has 5 nitrogen and oxygen atoms in total. The number of carbonyl (C=O) groups is 1. The van der Waals surface area contributed by atoms with Crippen LogP contribution in [0.15, 0.2) is 42.7 Å². The quantitative estimate of drug-likeness (QED) is 0.535. The number of rotatable bonds is 7. The minimum absolute atomic E-state index is 0.0125. The maximum Gasteiger partial charge on any atom is 0.261 e. The molecule has 2 heterocycles. The normalized spacial score (nSPS) is 19.8. The molecule has 166 valence electrons. The summed E-state index contributed by atoms with van der Waals surface area (Å²) in [5.74, 6) is 2.77. The van der Waals surface area contributed by atoms with Gasteiger partial charge in [-0.2, -0.15) is 0 Å². The highest BCUT2D eigenvalue weighted by atomic mass is 32.1. The monoisotopic (exact) mass is 448 g/mol. The third-order valence-electron chi connectivity index (χ3n) is 7.08. The summed E-state index contributed by atoms with van der Waals surface area (Å²) in [7, 11) is 1.64. The summed E-state index contributed by atoms with van der Waals surface area (Å²) in [6, 6.07) is 9.57. The number of benzene rings is 1. The average molecular weight is 449 g/mol. The van der Waals surface area contributed by atoms with Crippen LogP contribution in [0, 0.1) is 18.3 Å². The lowest BCUT2D eigenvalue weighted by Gasteiger charge is -2.13. The topological polar surface area (TPSA) is 60.5 Å². The Morgan fingerprint density at radius 2 is 2.03 bits per heavy atom. The van der Waals surface area contributed by atoms with Crippen LogP contribution in [-0.2, 0) is 19.6 Å². The number of aromatic nitrogens is 1. The van der Waals surface area contributed by atoms with Gasteiger partial charge in [0.25, 0.3) is 5.91 Å². The van der Waals surface area contributed by atoms with Crippen LogP contribution in [0.1, 0.15) is 56.6 Å². The second-order valence-corrected chi connectivity index (χ2v) is 10.5. The van der Waals surface area contributed by atoms with Crippen molar-refractivity contribution in [3.63, 3.8) is 0 Å². The second-order valence-electron chi connectivity index (χ2n) is 9.29. The first-order valence-corrected chi connectivity index (χ1v) is 11.8. The molecule has 1 unspecified atom stereocenters. The predicted octanol–water partition coefficient (Wildman–Crippen LogP) is 5.26. The van der Waals surface area contributed by atoms with Gasteiger partial charge in [0.05, 0.1) is 12.0 Å². The molecule has 0 spiro atoms. The Bertz CT molecular complexity index is 1170. The first kappa shape index (κ1) is 21.0. The third kappa shape index (κ3) is 3.56. The number of ether oxygens (including phenoxy) is 2. The van der Waals surface area contributed by atoms with E-state index in [0.717, 1.165) is 28.2 Å². The minimum atomic E-state index is 0.0125. The van der Waals surface area contributed by atoms with E-state index in [4.69, 9.17) is 9.47 Å². The Hall–Kier alpha value is -2.86. The number of pyridine rings is 1. The number of fused-ring (bicyclic) bond motifs is 3. The molecule has 0 bridgehead atoms. The number of hydrogen-bond donors (Lipinski definition) is 1. The lowest BCUT2D eigenvalue weighted by Crippen LogP contribution is -2.23. The molecule has 2 atom stereocenters. The fourth-order valence-electron chi connectivity index (χ4n) is 5.18. The maximum atomic E-state index is 13.0. The number of nitrogens with zero attached hydrogens (tertiary/aromatic N) is 1. The summed E-state index contributed by atoms with van der Waals surface area (Å²) < 4.78 is 11.4. The molecule has 1 fully saturated rings. The SMILES string of the molecule is COc1cc(OCc2ccncc2)ccc1CNC(=O)c1sc(C)c2c1CC1[C@H]2C1(C)C. The van der Waals surface area contributed by atoms with Gasteiger partial charge in [-0.3, -0.25) is 9.78 Å². The summed E-state index contributed by atoms with van der Waals surface area (Å²) in [5, 5.41) is 3.10. The number of methoxy groups -OCH3 is 1. The maximum absolute atomic E-state index is 13.0. The smallest absolute Gasteiger partial charge is 0.261 e. The molecular formula is C26H28N2O3S. The average Bonchev–Trinajstić information content (AvgIpc) is 3.12. The minimum Gasteiger partial charge on any atom is -0.496 e. The van der Waals surface area contributed by atoms with Gasteiger partial charge in [0.15, 0.2) is 0 Å². The van der Waals surface area contributed by atoms with Crippen molar-refractivity contribution < 1.29 is 14.3 Å². The summed E-state index contributed by atoms with van der Waals surface area (Å²) in [6.07, 6.45) is 4.53. The molecule has 2 aromatic heterocycles. The number of aryl methyl sites for hydroxylation is 1. The van der Waals surface area contributed by atoms with Crippen molar-refractivity contribution in [2.24, 2.45) is 11.3 Å². The number of carbonyl (C=O) groups excluding carboxylic acids is 1. The van der Waals surface area contributed by atoms with E-state index >= 15 is 0 Å². The van der Waals surface area contributed by atoms with E-state index in [0.29, 0.717) is 36.2 Å². The Kier molecular flexibility index (Phi) is 5.20. The molecule has 0 radical (unpaired) electrons. The number of nitrogens with one attached hydrogen (secondary N) is 1. The fourth-order valence-corrected chi connectivity index (χ4v) is 6.33. The van der Waals surface area contributed by atoms with Gasteiger partial charge in [-0.15, -0.1) is 11.3 Å². The Morgan fingerprint density at radius 3 is 2.78 bits per heavy atom. The second kappa shape index (κ2) is 7.93. The summed E-state index contributed by atoms with van der Waals surface area (Å²) in [6.45, 7) is 7.72. The van der Waals surface area contributed by atoms with E-state index in [2.05, 4.69) is 31.1 Å². The largest absolute Gasteiger partial charge is 0.496 e. The van der Waals surface area contributed by atoms with Crippen LogP contribution < -0.4 is 14.8 Å². The van der Waals surface area contributed by atoms with Gasteiger partial charge in [-0.05, 0) is 71.6 Å². The Balaban J connectivity index is 1.25. The van der Waals surface area contributed by atoms with Crippen LogP contribution in [0.2, 0.25) is 0 Å². The van der Waals surface area contributed by atoms with Crippen LogP contribution in [0.4, 0.5) is 0 Å². The van der Waals surface area contributed by atoms with Gasteiger partial charge in [0.1, 0.15) is 18.1 Å². The molecule has 1 saturated carbocycles. The summed E-state index contributed by atoms with van der Waals surface area (Å²) in [4.78, 5) is 19.2. The molecular weight excluding hydrogens is 420 g/mol. The Morgan fingerprint density at radius 1 is 1.25 bits per heavy atom. The lowest BCUT2D eigenvalue weighted by molar-refractivity contribution is 0.0953. The zero-order chi connectivity index (χ0) is 22.5. The zero-order valence-corrected chi connectivity index (χ0v) is 19.7. The summed E-state index contributed by atoms with van der Waals surface area (Å²) in [5.41, 5.74) is 5.09. The third-order valence-corrected chi connectivity index (χ3v) is 8.24. The van der Waals surface area contributed by atoms with E-state index in [1.807, 2.05) is 30.3 Å². The molecule has 5 rings (SSSR count). The fraction of sp³-hybridized carbons (Fsp3) is 0.385. The van der Waals surface area contributed by atoms with E-state index in [9.17, 15) is 4.79 Å². The van der Waals surface area contributed by atoms with E-state index in [1.165, 1.54) is 16.0 Å². The van der Waals surface area contributed by atoms with Gasteiger partial charge in [0.2, 0.25) is 0 Å². The van der Waals surface area contributed by atoms with Crippen molar-refractivity contribution in [3.8, 4) is 11.5 Å². The van der Waals surface area contributed by atoms with Gasteiger partial charge in [0, 0.05) is 35.4 Å². The molecule has 3 aromatic rings. The lowest BCUT2D eigenvalue weighted by atomic mass is 9.95. The standard InChI is InChI=1S/C26H28N2O3S/c1-15-22-19(12-20-23(22)26(20,2)3)24(32-15)25(29)28-13-17-5-6-18(11-21(17)30-4)31-14-16-7-9-27-10-8-16/h5-11,20,23H,12-14H2,1-4H3,(H,28,29)/t20?,23-/m1/s1. The number of hydrogen-bond acceptors (Lipinski definition) is 5. The van der Waals surface area contributed by atoms with Crippen molar-refractivity contribution >= 4 is 17.2 Å². The van der Waals surface area contributed by atoms with Gasteiger partial charge in [-0.25, -0.2) is 0 Å².